The molecule has 1 nitrogen and oxygen atoms in total. The number of rotatable bonds is 3. The molecule has 1 unspecified atom stereocenters. The van der Waals surface area contributed by atoms with E-state index in [2.05, 4.69) is 138 Å². The summed E-state index contributed by atoms with van der Waals surface area (Å²) >= 11 is 6.45. The number of halogens is 1. The minimum Gasteiger partial charge on any atom is -0.309 e. The van der Waals surface area contributed by atoms with E-state index in [4.69, 9.17) is 11.6 Å². The zero-order valence-electron chi connectivity index (χ0n) is 21.2. The molecule has 0 fully saturated rings. The molecule has 0 aliphatic heterocycles. The lowest BCUT2D eigenvalue weighted by atomic mass is 9.88. The van der Waals surface area contributed by atoms with Gasteiger partial charge in [0, 0.05) is 27.4 Å². The largest absolute Gasteiger partial charge is 0.309 e. The Morgan fingerprint density at radius 1 is 0.487 bits per heavy atom. The fourth-order valence-electron chi connectivity index (χ4n) is 6.42. The molecule has 1 atom stereocenters. The van der Waals surface area contributed by atoms with Gasteiger partial charge in [-0.2, -0.15) is 0 Å². The molecule has 184 valence electrons. The Hall–Kier alpha value is -4.59. The van der Waals surface area contributed by atoms with E-state index in [-0.39, 0.29) is 5.92 Å². The average molecular weight is 518 g/mol. The van der Waals surface area contributed by atoms with E-state index < -0.39 is 0 Å². The van der Waals surface area contributed by atoms with E-state index in [1.165, 1.54) is 55.2 Å². The molecule has 0 amide bonds. The zero-order valence-corrected chi connectivity index (χ0v) is 21.9. The standard InChI is InChI=1S/C37H24ClN/c38-27-17-20-35-33(23-27)31-19-16-26(22-36(31)39(35)28-11-5-2-6-12-28)25-15-18-30-29-13-7-8-14-32(29)37(34(30)21-25)24-9-3-1-4-10-24/h1-23,37H. The van der Waals surface area contributed by atoms with Crippen molar-refractivity contribution in [3.8, 4) is 27.9 Å². The predicted molar refractivity (Wildman–Crippen MR) is 164 cm³/mol. The van der Waals surface area contributed by atoms with Crippen LogP contribution < -0.4 is 0 Å². The van der Waals surface area contributed by atoms with Crippen LogP contribution in [0.5, 0.6) is 0 Å². The highest BCUT2D eigenvalue weighted by atomic mass is 35.5. The number of para-hydroxylation sites is 1. The van der Waals surface area contributed by atoms with Gasteiger partial charge in [-0.05, 0) is 81.4 Å². The Kier molecular flexibility index (Phi) is 5.01. The molecule has 1 aromatic heterocycles. The smallest absolute Gasteiger partial charge is 0.0547 e. The molecule has 1 aliphatic carbocycles. The number of nitrogens with zero attached hydrogens (tertiary/aromatic N) is 1. The molecule has 0 N–H and O–H groups in total. The van der Waals surface area contributed by atoms with Gasteiger partial charge in [-0.1, -0.05) is 109 Å². The molecule has 7 aromatic rings. The molecule has 0 radical (unpaired) electrons. The highest BCUT2D eigenvalue weighted by Crippen LogP contribution is 2.49. The lowest BCUT2D eigenvalue weighted by Crippen LogP contribution is -1.99. The van der Waals surface area contributed by atoms with Crippen LogP contribution in [0.25, 0.3) is 49.7 Å². The first kappa shape index (κ1) is 22.4. The second-order valence-electron chi connectivity index (χ2n) is 10.3. The van der Waals surface area contributed by atoms with Crippen molar-refractivity contribution in [2.24, 2.45) is 0 Å². The Labute approximate surface area is 232 Å². The molecular formula is C37H24ClN. The minimum atomic E-state index is 0.235. The fourth-order valence-corrected chi connectivity index (χ4v) is 6.59. The number of hydrogen-bond donors (Lipinski definition) is 0. The highest BCUT2D eigenvalue weighted by molar-refractivity contribution is 6.32. The van der Waals surface area contributed by atoms with Crippen molar-refractivity contribution >= 4 is 33.4 Å². The molecule has 0 saturated carbocycles. The molecule has 39 heavy (non-hydrogen) atoms. The molecule has 8 rings (SSSR count). The molecule has 6 aromatic carbocycles. The van der Waals surface area contributed by atoms with E-state index in [9.17, 15) is 0 Å². The topological polar surface area (TPSA) is 4.93 Å². The normalized spacial score (nSPS) is 14.0. The molecule has 1 aliphatic rings. The van der Waals surface area contributed by atoms with Crippen molar-refractivity contribution in [3.63, 3.8) is 0 Å². The minimum absolute atomic E-state index is 0.235. The van der Waals surface area contributed by atoms with E-state index in [1.54, 1.807) is 0 Å². The van der Waals surface area contributed by atoms with Gasteiger partial charge in [0.25, 0.3) is 0 Å². The predicted octanol–water partition coefficient (Wildman–Crippen LogP) is 10.3. The van der Waals surface area contributed by atoms with Gasteiger partial charge in [0.05, 0.1) is 11.0 Å². The van der Waals surface area contributed by atoms with Crippen LogP contribution in [-0.4, -0.2) is 4.57 Å². The third-order valence-electron chi connectivity index (χ3n) is 8.13. The maximum absolute atomic E-state index is 6.45. The first-order valence-electron chi connectivity index (χ1n) is 13.3. The Balaban J connectivity index is 1.34. The van der Waals surface area contributed by atoms with Gasteiger partial charge < -0.3 is 4.57 Å². The summed E-state index contributed by atoms with van der Waals surface area (Å²) in [4.78, 5) is 0. The first-order chi connectivity index (χ1) is 19.3. The monoisotopic (exact) mass is 517 g/mol. The van der Waals surface area contributed by atoms with Crippen LogP contribution in [-0.2, 0) is 0 Å². The van der Waals surface area contributed by atoms with Crippen molar-refractivity contribution in [3.05, 3.63) is 161 Å². The lowest BCUT2D eigenvalue weighted by Gasteiger charge is -2.15. The quantitative estimate of drug-likeness (QED) is 0.219. The van der Waals surface area contributed by atoms with Gasteiger partial charge in [0.15, 0.2) is 0 Å². The summed E-state index contributed by atoms with van der Waals surface area (Å²) in [5.41, 5.74) is 12.7. The van der Waals surface area contributed by atoms with Gasteiger partial charge in [0.2, 0.25) is 0 Å². The summed E-state index contributed by atoms with van der Waals surface area (Å²) < 4.78 is 2.35. The Morgan fingerprint density at radius 2 is 1.18 bits per heavy atom. The summed E-state index contributed by atoms with van der Waals surface area (Å²) in [6.45, 7) is 0. The second-order valence-corrected chi connectivity index (χ2v) is 10.7. The zero-order chi connectivity index (χ0) is 25.9. The molecule has 0 spiro atoms. The molecule has 2 heteroatoms. The number of benzene rings is 6. The van der Waals surface area contributed by atoms with Crippen LogP contribution in [0.3, 0.4) is 0 Å². The summed E-state index contributed by atoms with van der Waals surface area (Å²) in [7, 11) is 0. The number of hydrogen-bond acceptors (Lipinski definition) is 0. The van der Waals surface area contributed by atoms with Gasteiger partial charge in [-0.3, -0.25) is 0 Å². The summed E-state index contributed by atoms with van der Waals surface area (Å²) in [5.74, 6) is 0.235. The number of fused-ring (bicyclic) bond motifs is 6. The Bertz CT molecular complexity index is 2020. The van der Waals surface area contributed by atoms with Crippen LogP contribution in [0.4, 0.5) is 0 Å². The lowest BCUT2D eigenvalue weighted by molar-refractivity contribution is 1.02. The second kappa shape index (κ2) is 8.73. The fraction of sp³-hybridized carbons (Fsp3) is 0.0270. The van der Waals surface area contributed by atoms with Crippen molar-refractivity contribution in [2.45, 2.75) is 5.92 Å². The maximum atomic E-state index is 6.45. The van der Waals surface area contributed by atoms with Crippen LogP contribution in [0.2, 0.25) is 5.02 Å². The third-order valence-corrected chi connectivity index (χ3v) is 8.37. The average Bonchev–Trinajstić information content (AvgIpc) is 3.49. The maximum Gasteiger partial charge on any atom is 0.0547 e. The molecule has 1 heterocycles. The van der Waals surface area contributed by atoms with E-state index in [1.807, 2.05) is 6.07 Å². The van der Waals surface area contributed by atoms with Crippen molar-refractivity contribution in [1.82, 2.24) is 4.57 Å². The third kappa shape index (κ3) is 3.47. The Morgan fingerprint density at radius 3 is 2.03 bits per heavy atom. The van der Waals surface area contributed by atoms with Gasteiger partial charge in [-0.15, -0.1) is 0 Å². The van der Waals surface area contributed by atoms with Crippen molar-refractivity contribution < 1.29 is 0 Å². The van der Waals surface area contributed by atoms with Crippen LogP contribution in [0, 0.1) is 0 Å². The molecule has 0 bridgehead atoms. The summed E-state index contributed by atoms with van der Waals surface area (Å²) in [6, 6.07) is 50.3. The summed E-state index contributed by atoms with van der Waals surface area (Å²) in [5, 5.41) is 3.13. The van der Waals surface area contributed by atoms with E-state index in [0.717, 1.165) is 16.2 Å². The van der Waals surface area contributed by atoms with Crippen molar-refractivity contribution in [1.29, 1.82) is 0 Å². The first-order valence-corrected chi connectivity index (χ1v) is 13.7. The molecule has 0 saturated heterocycles. The van der Waals surface area contributed by atoms with Crippen LogP contribution in [0.15, 0.2) is 140 Å². The SMILES string of the molecule is Clc1ccc2c(c1)c1ccc(-c3ccc4c(c3)C(c3ccccc3)c3ccccc3-4)cc1n2-c1ccccc1. The van der Waals surface area contributed by atoms with Crippen molar-refractivity contribution in [2.75, 3.05) is 0 Å². The molecular weight excluding hydrogens is 494 g/mol. The number of aromatic nitrogens is 1. The van der Waals surface area contributed by atoms with E-state index >= 15 is 0 Å². The van der Waals surface area contributed by atoms with Gasteiger partial charge in [-0.25, -0.2) is 0 Å². The van der Waals surface area contributed by atoms with Gasteiger partial charge >= 0.3 is 0 Å². The summed E-state index contributed by atoms with van der Waals surface area (Å²) in [6.07, 6.45) is 0. The van der Waals surface area contributed by atoms with Gasteiger partial charge in [0.1, 0.15) is 0 Å². The van der Waals surface area contributed by atoms with E-state index in [0.29, 0.717) is 0 Å². The highest BCUT2D eigenvalue weighted by Gasteiger charge is 2.30. The van der Waals surface area contributed by atoms with Crippen LogP contribution in [0.1, 0.15) is 22.6 Å². The van der Waals surface area contributed by atoms with Crippen LogP contribution >= 0.6 is 11.6 Å².